The zero-order valence-corrected chi connectivity index (χ0v) is 25.0. The number of nitrogens with zero attached hydrogens (tertiary/aromatic N) is 3. The molecule has 0 saturated heterocycles. The molecule has 4 aromatic heterocycles. The Balaban J connectivity index is 0.000000226. The molecule has 5 rings (SSSR count). The molecule has 1 fully saturated rings. The fraction of sp³-hybridized carbons (Fsp3) is 0.387. The van der Waals surface area contributed by atoms with Crippen LogP contribution >= 0.6 is 22.9 Å². The molecule has 1 aliphatic carbocycles. The van der Waals surface area contributed by atoms with Crippen molar-refractivity contribution in [3.8, 4) is 16.9 Å². The number of carbonyl (C=O) groups is 1. The van der Waals surface area contributed by atoms with Crippen LogP contribution in [0.5, 0.6) is 5.75 Å². The van der Waals surface area contributed by atoms with Crippen molar-refractivity contribution in [1.29, 1.82) is 0 Å². The number of ketones is 1. The van der Waals surface area contributed by atoms with Gasteiger partial charge in [-0.2, -0.15) is 0 Å². The van der Waals surface area contributed by atoms with E-state index in [9.17, 15) is 4.79 Å². The van der Waals surface area contributed by atoms with Gasteiger partial charge in [-0.3, -0.25) is 9.78 Å². The number of halogens is 1. The Morgan fingerprint density at radius 1 is 1.10 bits per heavy atom. The molecular formula is C31H40BClN4O2S. The standard InChI is InChI=1S/C14H13ClN2O.C10H13BN2S.C6H10O.CH4/c1-4-10-7-16-9(2)5-11(10)12-6-14(15)17-8-13(12)18-3;1-6(2)12-10-13-9-8(14-10)4-7(3)5-11-9;7-6-4-2-1-3-5-6;/h4-8H,1H2,2-3H3;4-6H,1-3H3,(H,12,13);1-5H2;1H4. The van der Waals surface area contributed by atoms with E-state index in [-0.39, 0.29) is 7.43 Å². The van der Waals surface area contributed by atoms with Gasteiger partial charge in [-0.25, -0.2) is 4.98 Å². The average Bonchev–Trinajstić information content (AvgIpc) is 3.30. The van der Waals surface area contributed by atoms with Gasteiger partial charge in [0, 0.05) is 35.9 Å². The number of Topliss-reactive ketones (excluding diaryl/α,β-unsaturated/α-hetero) is 1. The van der Waals surface area contributed by atoms with Gasteiger partial charge < -0.3 is 4.74 Å². The molecule has 0 radical (unpaired) electrons. The monoisotopic (exact) mass is 578 g/mol. The van der Waals surface area contributed by atoms with Crippen LogP contribution in [0.3, 0.4) is 0 Å². The maximum absolute atomic E-state index is 10.5. The summed E-state index contributed by atoms with van der Waals surface area (Å²) in [4.78, 5) is 23.2. The fourth-order valence-electron chi connectivity index (χ4n) is 4.04. The Bertz CT molecular complexity index is 1420. The molecule has 1 saturated carbocycles. The predicted molar refractivity (Wildman–Crippen MR) is 173 cm³/mol. The molecule has 4 heterocycles. The Hall–Kier alpha value is -3.10. The SMILES string of the molecule is C.C=Cc1cnc(C)cc1-c1cc(Cl)ncc1OC.Cc1cbc2nc(NC(C)C)sc2c1.O=C1CCCCC1. The molecule has 0 aliphatic heterocycles. The van der Waals surface area contributed by atoms with Gasteiger partial charge in [-0.15, -0.1) is 0 Å². The van der Waals surface area contributed by atoms with Crippen molar-refractivity contribution in [1.82, 2.24) is 15.0 Å². The topological polar surface area (TPSA) is 77.0 Å². The quantitative estimate of drug-likeness (QED) is 0.239. The molecule has 40 heavy (non-hydrogen) atoms. The van der Waals surface area contributed by atoms with Crippen LogP contribution in [0.4, 0.5) is 5.13 Å². The normalized spacial score (nSPS) is 12.3. The third kappa shape index (κ3) is 9.83. The number of aromatic nitrogens is 3. The number of rotatable bonds is 5. The van der Waals surface area contributed by atoms with Gasteiger partial charge in [0.25, 0.3) is 0 Å². The van der Waals surface area contributed by atoms with Crippen molar-refractivity contribution in [2.45, 2.75) is 73.3 Å². The summed E-state index contributed by atoms with van der Waals surface area (Å²) in [6.07, 6.45) is 10.4. The number of fused-ring (bicyclic) bond motifs is 1. The van der Waals surface area contributed by atoms with Gasteiger partial charge in [0.15, 0.2) is 0 Å². The van der Waals surface area contributed by atoms with E-state index in [0.29, 0.717) is 22.7 Å². The summed E-state index contributed by atoms with van der Waals surface area (Å²) in [6.45, 7) is 14.2. The first kappa shape index (κ1) is 33.1. The van der Waals surface area contributed by atoms with E-state index in [2.05, 4.69) is 66.6 Å². The van der Waals surface area contributed by atoms with Crippen molar-refractivity contribution in [2.24, 2.45) is 0 Å². The summed E-state index contributed by atoms with van der Waals surface area (Å²) in [5, 5.41) is 4.76. The minimum atomic E-state index is 0. The van der Waals surface area contributed by atoms with Gasteiger partial charge in [0.2, 0.25) is 0 Å². The molecule has 4 aromatic rings. The number of carbonyl (C=O) groups excluding carboxylic acids is 1. The van der Waals surface area contributed by atoms with Crippen molar-refractivity contribution >= 4 is 57.0 Å². The second-order valence-electron chi connectivity index (χ2n) is 9.71. The number of hydrogen-bond acceptors (Lipinski definition) is 7. The maximum Gasteiger partial charge on any atom is 0.132 e. The van der Waals surface area contributed by atoms with E-state index in [1.54, 1.807) is 43.0 Å². The van der Waals surface area contributed by atoms with Crippen molar-refractivity contribution in [3.63, 3.8) is 0 Å². The Morgan fingerprint density at radius 3 is 2.42 bits per heavy atom. The number of hydrogen-bond donors (Lipinski definition) is 1. The molecule has 0 spiro atoms. The van der Waals surface area contributed by atoms with E-state index in [4.69, 9.17) is 16.3 Å². The zero-order chi connectivity index (χ0) is 28.4. The second-order valence-corrected chi connectivity index (χ2v) is 11.1. The molecule has 0 bridgehead atoms. The van der Waals surface area contributed by atoms with E-state index in [1.807, 2.05) is 13.0 Å². The molecule has 1 aliphatic rings. The largest absolute Gasteiger partial charge is 0.300 e. The summed E-state index contributed by atoms with van der Waals surface area (Å²) in [5.41, 5.74) is 6.10. The van der Waals surface area contributed by atoms with E-state index in [1.165, 1.54) is 16.7 Å². The summed E-state index contributed by atoms with van der Waals surface area (Å²) in [7, 11) is 1.61. The predicted octanol–water partition coefficient (Wildman–Crippen LogP) is 8.68. The summed E-state index contributed by atoms with van der Waals surface area (Å²) in [5.74, 6) is 3.24. The Morgan fingerprint density at radius 2 is 1.82 bits per heavy atom. The van der Waals surface area contributed by atoms with E-state index in [0.717, 1.165) is 58.6 Å². The first-order chi connectivity index (χ1) is 18.7. The van der Waals surface area contributed by atoms with Crippen LogP contribution in [0.15, 0.2) is 43.1 Å². The molecular weight excluding hydrogens is 539 g/mol. The number of pyridine rings is 2. The smallest absolute Gasteiger partial charge is 0.132 e. The van der Waals surface area contributed by atoms with Crippen LogP contribution in [0.25, 0.3) is 27.3 Å². The van der Waals surface area contributed by atoms with Gasteiger partial charge in [-0.1, -0.05) is 38.1 Å². The summed E-state index contributed by atoms with van der Waals surface area (Å²) >= 11 is 7.67. The molecule has 212 valence electrons. The molecule has 9 heteroatoms. The molecule has 1 N–H and O–H groups in total. The molecule has 0 amide bonds. The van der Waals surface area contributed by atoms with Crippen LogP contribution in [0, 0.1) is 13.8 Å². The second kappa shape index (κ2) is 16.2. The van der Waals surface area contributed by atoms with Gasteiger partial charge in [-0.05, 0) is 37.5 Å². The third-order valence-corrected chi connectivity index (χ3v) is 7.16. The fourth-order valence-corrected chi connectivity index (χ4v) is 5.31. The van der Waals surface area contributed by atoms with Crippen molar-refractivity contribution < 1.29 is 9.53 Å². The number of aryl methyl sites for hydroxylation is 2. The third-order valence-electron chi connectivity index (χ3n) is 6.00. The maximum atomic E-state index is 10.5. The van der Waals surface area contributed by atoms with Crippen molar-refractivity contribution in [2.75, 3.05) is 12.4 Å². The van der Waals surface area contributed by atoms with Crippen LogP contribution in [0.1, 0.15) is 70.2 Å². The van der Waals surface area contributed by atoms with Gasteiger partial charge >= 0.3 is 88.2 Å². The number of nitrogens with one attached hydrogen (secondary N) is 1. The van der Waals surface area contributed by atoms with Crippen LogP contribution in [0.2, 0.25) is 5.15 Å². The number of anilines is 1. The minimum Gasteiger partial charge on any atom is -0.300 e. The number of methoxy groups -OCH3 is 1. The summed E-state index contributed by atoms with van der Waals surface area (Å²) < 4.78 is 6.58. The first-order valence-corrected chi connectivity index (χ1v) is 14.3. The van der Waals surface area contributed by atoms with Crippen LogP contribution in [-0.4, -0.2) is 40.8 Å². The summed E-state index contributed by atoms with van der Waals surface area (Å²) in [6, 6.07) is 6.38. The molecule has 6 nitrogen and oxygen atoms in total. The molecule has 0 aromatic carbocycles. The number of thiazole rings is 1. The van der Waals surface area contributed by atoms with E-state index >= 15 is 0 Å². The number of ether oxygens (including phenoxy) is 1. The van der Waals surface area contributed by atoms with Crippen molar-refractivity contribution in [3.05, 3.63) is 65.1 Å². The van der Waals surface area contributed by atoms with Gasteiger partial charge in [0.05, 0.1) is 13.3 Å². The first-order valence-electron chi connectivity index (χ1n) is 13.1. The molecule has 0 unspecified atom stereocenters. The van der Waals surface area contributed by atoms with E-state index < -0.39 is 0 Å². The average molecular weight is 579 g/mol. The Kier molecular flexibility index (Phi) is 13.4. The minimum absolute atomic E-state index is 0. The molecule has 0 atom stereocenters. The Labute approximate surface area is 248 Å². The van der Waals surface area contributed by atoms with Gasteiger partial charge in [0.1, 0.15) is 16.7 Å². The van der Waals surface area contributed by atoms with Crippen LogP contribution in [-0.2, 0) is 4.79 Å². The van der Waals surface area contributed by atoms with Crippen LogP contribution < -0.4 is 10.1 Å². The zero-order valence-electron chi connectivity index (χ0n) is 23.4.